The third-order valence-electron chi connectivity index (χ3n) is 3.37. The van der Waals surface area contributed by atoms with Gasteiger partial charge in [-0.05, 0) is 42.8 Å². The van der Waals surface area contributed by atoms with Crippen molar-refractivity contribution in [1.29, 1.82) is 0 Å². The predicted molar refractivity (Wildman–Crippen MR) is 80.7 cm³/mol. The molecule has 0 spiro atoms. The van der Waals surface area contributed by atoms with Crippen LogP contribution in [-0.2, 0) is 11.3 Å². The fourth-order valence-electron chi connectivity index (χ4n) is 2.11. The number of carbonyl (C=O) groups excluding carboxylic acids is 1. The fraction of sp³-hybridized carbons (Fsp3) is 0.188. The monoisotopic (exact) mass is 296 g/mol. The maximum absolute atomic E-state index is 12.1. The smallest absolute Gasteiger partial charge is 0.244 e. The maximum atomic E-state index is 12.1. The van der Waals surface area contributed by atoms with Crippen molar-refractivity contribution in [2.45, 2.75) is 19.5 Å². The number of pyridine rings is 1. The van der Waals surface area contributed by atoms with Crippen LogP contribution in [0.15, 0.2) is 59.6 Å². The first-order valence-electron chi connectivity index (χ1n) is 6.99. The molecule has 6 heteroatoms. The van der Waals surface area contributed by atoms with Crippen molar-refractivity contribution in [3.8, 4) is 11.5 Å². The predicted octanol–water partition coefficient (Wildman–Crippen LogP) is 2.42. The summed E-state index contributed by atoms with van der Waals surface area (Å²) in [6.07, 6.45) is 6.74. The molecule has 0 bridgehead atoms. The molecule has 1 atom stereocenters. The Morgan fingerprint density at radius 3 is 3.00 bits per heavy atom. The van der Waals surface area contributed by atoms with Gasteiger partial charge in [-0.3, -0.25) is 14.5 Å². The molecule has 0 aliphatic rings. The molecule has 3 heterocycles. The van der Waals surface area contributed by atoms with Crippen molar-refractivity contribution in [3.63, 3.8) is 0 Å². The molecule has 0 aromatic carbocycles. The minimum atomic E-state index is -0.346. The van der Waals surface area contributed by atoms with Gasteiger partial charge in [0, 0.05) is 25.1 Å². The first-order valence-corrected chi connectivity index (χ1v) is 6.99. The molecule has 3 aromatic heterocycles. The number of amides is 1. The number of aromatic nitrogens is 3. The number of rotatable bonds is 5. The van der Waals surface area contributed by atoms with Crippen LogP contribution in [0.3, 0.4) is 0 Å². The zero-order valence-electron chi connectivity index (χ0n) is 12.1. The second-order valence-electron chi connectivity index (χ2n) is 4.91. The molecule has 0 fully saturated rings. The van der Waals surface area contributed by atoms with Crippen LogP contribution in [0.2, 0.25) is 0 Å². The van der Waals surface area contributed by atoms with Crippen LogP contribution in [0.25, 0.3) is 11.5 Å². The average molecular weight is 296 g/mol. The topological polar surface area (TPSA) is 73.0 Å². The molecule has 0 radical (unpaired) electrons. The SMILES string of the molecule is C[C@@H](C(=O)NCc1ccnc(-c2ccco2)c1)n1cccn1. The van der Waals surface area contributed by atoms with Crippen LogP contribution >= 0.6 is 0 Å². The fourth-order valence-corrected chi connectivity index (χ4v) is 2.11. The zero-order valence-corrected chi connectivity index (χ0v) is 12.1. The molecule has 0 aliphatic heterocycles. The molecule has 112 valence electrons. The van der Waals surface area contributed by atoms with Gasteiger partial charge in [-0.1, -0.05) is 0 Å². The van der Waals surface area contributed by atoms with Gasteiger partial charge in [-0.25, -0.2) is 0 Å². The highest BCUT2D eigenvalue weighted by molar-refractivity contribution is 5.79. The van der Waals surface area contributed by atoms with E-state index in [9.17, 15) is 4.79 Å². The van der Waals surface area contributed by atoms with Crippen molar-refractivity contribution in [2.75, 3.05) is 0 Å². The van der Waals surface area contributed by atoms with Gasteiger partial charge >= 0.3 is 0 Å². The second kappa shape index (κ2) is 6.26. The van der Waals surface area contributed by atoms with E-state index in [-0.39, 0.29) is 11.9 Å². The van der Waals surface area contributed by atoms with Gasteiger partial charge in [0.25, 0.3) is 0 Å². The van der Waals surface area contributed by atoms with Crippen molar-refractivity contribution in [1.82, 2.24) is 20.1 Å². The highest BCUT2D eigenvalue weighted by atomic mass is 16.3. The summed E-state index contributed by atoms with van der Waals surface area (Å²) in [6, 6.07) is 8.88. The molecule has 22 heavy (non-hydrogen) atoms. The summed E-state index contributed by atoms with van der Waals surface area (Å²) in [5, 5.41) is 6.97. The highest BCUT2D eigenvalue weighted by Crippen LogP contribution is 2.18. The van der Waals surface area contributed by atoms with Crippen molar-refractivity contribution in [3.05, 3.63) is 60.7 Å². The molecule has 0 unspecified atom stereocenters. The summed E-state index contributed by atoms with van der Waals surface area (Å²) < 4.78 is 6.95. The van der Waals surface area contributed by atoms with E-state index in [0.717, 1.165) is 11.3 Å². The lowest BCUT2D eigenvalue weighted by Gasteiger charge is -2.12. The van der Waals surface area contributed by atoms with Crippen molar-refractivity contribution < 1.29 is 9.21 Å². The number of furan rings is 1. The van der Waals surface area contributed by atoms with E-state index >= 15 is 0 Å². The van der Waals surface area contributed by atoms with E-state index in [2.05, 4.69) is 15.4 Å². The van der Waals surface area contributed by atoms with E-state index in [1.165, 1.54) is 0 Å². The van der Waals surface area contributed by atoms with Gasteiger partial charge in [0.2, 0.25) is 5.91 Å². The Hall–Kier alpha value is -2.89. The van der Waals surface area contributed by atoms with Crippen molar-refractivity contribution >= 4 is 5.91 Å². The number of carbonyl (C=O) groups is 1. The van der Waals surface area contributed by atoms with Gasteiger partial charge < -0.3 is 9.73 Å². The number of nitrogens with zero attached hydrogens (tertiary/aromatic N) is 3. The standard InChI is InChI=1S/C16H16N4O2/c1-12(20-8-3-6-19-20)16(21)18-11-13-5-7-17-14(10-13)15-4-2-9-22-15/h2-10,12H,11H2,1H3,(H,18,21)/t12-/m0/s1. The normalized spacial score (nSPS) is 12.0. The molecule has 1 amide bonds. The van der Waals surface area contributed by atoms with Crippen LogP contribution in [-0.4, -0.2) is 20.7 Å². The molecular formula is C16H16N4O2. The quantitative estimate of drug-likeness (QED) is 0.784. The van der Waals surface area contributed by atoms with E-state index < -0.39 is 0 Å². The Morgan fingerprint density at radius 1 is 1.36 bits per heavy atom. The summed E-state index contributed by atoms with van der Waals surface area (Å²) in [4.78, 5) is 16.4. The molecule has 3 rings (SSSR count). The van der Waals surface area contributed by atoms with E-state index in [0.29, 0.717) is 12.3 Å². The summed E-state index contributed by atoms with van der Waals surface area (Å²) >= 11 is 0. The Bertz CT molecular complexity index is 735. The molecule has 3 aromatic rings. The summed E-state index contributed by atoms with van der Waals surface area (Å²) in [7, 11) is 0. The third kappa shape index (κ3) is 3.06. The number of nitrogens with one attached hydrogen (secondary N) is 1. The van der Waals surface area contributed by atoms with Gasteiger partial charge in [0.1, 0.15) is 11.7 Å². The van der Waals surface area contributed by atoms with Gasteiger partial charge in [0.05, 0.1) is 6.26 Å². The third-order valence-corrected chi connectivity index (χ3v) is 3.37. The summed E-state index contributed by atoms with van der Waals surface area (Å²) in [6.45, 7) is 2.24. The lowest BCUT2D eigenvalue weighted by molar-refractivity contribution is -0.124. The summed E-state index contributed by atoms with van der Waals surface area (Å²) in [5.74, 6) is 0.623. The number of hydrogen-bond donors (Lipinski definition) is 1. The number of hydrogen-bond acceptors (Lipinski definition) is 4. The first kappa shape index (κ1) is 14.1. The maximum Gasteiger partial charge on any atom is 0.244 e. The minimum absolute atomic E-state index is 0.0833. The van der Waals surface area contributed by atoms with E-state index in [1.54, 1.807) is 35.6 Å². The lowest BCUT2D eigenvalue weighted by atomic mass is 10.2. The summed E-state index contributed by atoms with van der Waals surface area (Å²) in [5.41, 5.74) is 1.71. The van der Waals surface area contributed by atoms with Crippen molar-refractivity contribution in [2.24, 2.45) is 0 Å². The Kier molecular flexibility index (Phi) is 4.00. The molecule has 0 saturated heterocycles. The average Bonchev–Trinajstić information content (AvgIpc) is 3.24. The minimum Gasteiger partial charge on any atom is -0.463 e. The van der Waals surface area contributed by atoms with Crippen LogP contribution in [0.4, 0.5) is 0 Å². The zero-order chi connectivity index (χ0) is 15.4. The Labute approximate surface area is 127 Å². The van der Waals surface area contributed by atoms with Crippen LogP contribution in [0.1, 0.15) is 18.5 Å². The lowest BCUT2D eigenvalue weighted by Crippen LogP contribution is -2.30. The molecular weight excluding hydrogens is 280 g/mol. The van der Waals surface area contributed by atoms with Gasteiger partial charge in [-0.15, -0.1) is 0 Å². The Morgan fingerprint density at radius 2 is 2.27 bits per heavy atom. The largest absolute Gasteiger partial charge is 0.463 e. The van der Waals surface area contributed by atoms with Crippen LogP contribution < -0.4 is 5.32 Å². The highest BCUT2D eigenvalue weighted by Gasteiger charge is 2.14. The van der Waals surface area contributed by atoms with E-state index in [4.69, 9.17) is 4.42 Å². The van der Waals surface area contributed by atoms with E-state index in [1.807, 2.05) is 31.2 Å². The van der Waals surface area contributed by atoms with Crippen LogP contribution in [0, 0.1) is 0 Å². The van der Waals surface area contributed by atoms with Gasteiger partial charge in [0.15, 0.2) is 5.76 Å². The molecule has 0 aliphatic carbocycles. The Balaban J connectivity index is 1.64. The van der Waals surface area contributed by atoms with Gasteiger partial charge in [-0.2, -0.15) is 5.10 Å². The second-order valence-corrected chi connectivity index (χ2v) is 4.91. The molecule has 0 saturated carbocycles. The molecule has 6 nitrogen and oxygen atoms in total. The first-order chi connectivity index (χ1) is 10.7. The molecule has 1 N–H and O–H groups in total. The van der Waals surface area contributed by atoms with Crippen LogP contribution in [0.5, 0.6) is 0 Å².